The van der Waals surface area contributed by atoms with Gasteiger partial charge in [-0.1, -0.05) is 0 Å². The van der Waals surface area contributed by atoms with Crippen molar-refractivity contribution in [2.45, 2.75) is 19.4 Å². The van der Waals surface area contributed by atoms with Crippen LogP contribution >= 0.6 is 11.3 Å². The number of carbonyl (C=O) groups is 1. The molecule has 0 saturated carbocycles. The van der Waals surface area contributed by atoms with Gasteiger partial charge in [-0.2, -0.15) is 0 Å². The zero-order chi connectivity index (χ0) is 13.0. The molecule has 0 aliphatic carbocycles. The summed E-state index contributed by atoms with van der Waals surface area (Å²) in [5.74, 6) is 0.100. The Morgan fingerprint density at radius 3 is 3.22 bits per heavy atom. The SMILES string of the molecule is CNC(=O)C1CNCCN1CCc1scnc1C. The summed E-state index contributed by atoms with van der Waals surface area (Å²) in [6, 6.07) is -0.0445. The molecule has 2 rings (SSSR count). The van der Waals surface area contributed by atoms with E-state index in [9.17, 15) is 4.79 Å². The third kappa shape index (κ3) is 3.07. The van der Waals surface area contributed by atoms with Gasteiger partial charge in [-0.05, 0) is 13.3 Å². The highest BCUT2D eigenvalue weighted by Crippen LogP contribution is 2.14. The van der Waals surface area contributed by atoms with Crippen molar-refractivity contribution in [3.05, 3.63) is 16.1 Å². The number of likely N-dealkylation sites (N-methyl/N-ethyl adjacent to an activating group) is 1. The zero-order valence-corrected chi connectivity index (χ0v) is 11.7. The summed E-state index contributed by atoms with van der Waals surface area (Å²) >= 11 is 1.70. The number of aromatic nitrogens is 1. The van der Waals surface area contributed by atoms with Gasteiger partial charge in [0.25, 0.3) is 0 Å². The number of carbonyl (C=O) groups excluding carboxylic acids is 1. The smallest absolute Gasteiger partial charge is 0.238 e. The number of rotatable bonds is 4. The first-order valence-electron chi connectivity index (χ1n) is 6.27. The number of amides is 1. The maximum Gasteiger partial charge on any atom is 0.238 e. The van der Waals surface area contributed by atoms with E-state index in [0.717, 1.165) is 38.3 Å². The summed E-state index contributed by atoms with van der Waals surface area (Å²) in [6.07, 6.45) is 0.976. The number of hydrogen-bond acceptors (Lipinski definition) is 5. The van der Waals surface area contributed by atoms with E-state index in [-0.39, 0.29) is 11.9 Å². The molecule has 1 aromatic rings. The van der Waals surface area contributed by atoms with E-state index in [0.29, 0.717) is 0 Å². The average Bonchev–Trinajstić information content (AvgIpc) is 2.81. The van der Waals surface area contributed by atoms with Crippen molar-refractivity contribution in [3.8, 4) is 0 Å². The van der Waals surface area contributed by atoms with Crippen molar-refractivity contribution in [2.24, 2.45) is 0 Å². The first-order valence-corrected chi connectivity index (χ1v) is 7.15. The molecule has 1 aromatic heterocycles. The van der Waals surface area contributed by atoms with Crippen LogP contribution in [0.2, 0.25) is 0 Å². The van der Waals surface area contributed by atoms with E-state index in [1.807, 2.05) is 12.4 Å². The third-order valence-electron chi connectivity index (χ3n) is 3.37. The van der Waals surface area contributed by atoms with Crippen LogP contribution in [0.1, 0.15) is 10.6 Å². The highest BCUT2D eigenvalue weighted by molar-refractivity contribution is 7.09. The fraction of sp³-hybridized carbons (Fsp3) is 0.667. The Morgan fingerprint density at radius 1 is 1.72 bits per heavy atom. The van der Waals surface area contributed by atoms with Crippen LogP contribution in [0.4, 0.5) is 0 Å². The van der Waals surface area contributed by atoms with Gasteiger partial charge in [0, 0.05) is 38.1 Å². The van der Waals surface area contributed by atoms with Gasteiger partial charge in [-0.3, -0.25) is 9.69 Å². The lowest BCUT2D eigenvalue weighted by Crippen LogP contribution is -2.57. The van der Waals surface area contributed by atoms with E-state index < -0.39 is 0 Å². The molecule has 0 bridgehead atoms. The standard InChI is InChI=1S/C12H20N4OS/c1-9-11(18-8-15-9)3-5-16-6-4-14-7-10(16)12(17)13-2/h8,10,14H,3-7H2,1-2H3,(H,13,17). The van der Waals surface area contributed by atoms with Crippen LogP contribution in [0.5, 0.6) is 0 Å². The van der Waals surface area contributed by atoms with Crippen molar-refractivity contribution in [3.63, 3.8) is 0 Å². The van der Waals surface area contributed by atoms with E-state index >= 15 is 0 Å². The van der Waals surface area contributed by atoms with Crippen LogP contribution in [0.25, 0.3) is 0 Å². The summed E-state index contributed by atoms with van der Waals surface area (Å²) in [5.41, 5.74) is 3.00. The molecule has 1 unspecified atom stereocenters. The van der Waals surface area contributed by atoms with Gasteiger partial charge >= 0.3 is 0 Å². The molecule has 0 radical (unpaired) electrons. The topological polar surface area (TPSA) is 57.3 Å². The maximum atomic E-state index is 11.8. The van der Waals surface area contributed by atoms with Gasteiger partial charge in [-0.25, -0.2) is 4.98 Å². The highest BCUT2D eigenvalue weighted by atomic mass is 32.1. The molecule has 2 N–H and O–H groups in total. The fourth-order valence-corrected chi connectivity index (χ4v) is 3.02. The largest absolute Gasteiger partial charge is 0.358 e. The molecule has 100 valence electrons. The molecule has 0 aromatic carbocycles. The van der Waals surface area contributed by atoms with Crippen molar-refractivity contribution in [1.29, 1.82) is 0 Å². The van der Waals surface area contributed by atoms with Crippen LogP contribution in [0.15, 0.2) is 5.51 Å². The molecule has 1 atom stereocenters. The Labute approximate surface area is 112 Å². The number of aryl methyl sites for hydroxylation is 1. The number of hydrogen-bond donors (Lipinski definition) is 2. The Balaban J connectivity index is 1.93. The van der Waals surface area contributed by atoms with Crippen LogP contribution in [-0.2, 0) is 11.2 Å². The molecular weight excluding hydrogens is 248 g/mol. The number of nitrogens with one attached hydrogen (secondary N) is 2. The van der Waals surface area contributed by atoms with Crippen molar-refractivity contribution in [2.75, 3.05) is 33.2 Å². The van der Waals surface area contributed by atoms with Crippen LogP contribution in [0.3, 0.4) is 0 Å². The van der Waals surface area contributed by atoms with Crippen LogP contribution in [0, 0.1) is 6.92 Å². The average molecular weight is 268 g/mol. The van der Waals surface area contributed by atoms with Crippen molar-refractivity contribution >= 4 is 17.2 Å². The first-order chi connectivity index (χ1) is 8.72. The third-order valence-corrected chi connectivity index (χ3v) is 4.37. The minimum Gasteiger partial charge on any atom is -0.358 e. The van der Waals surface area contributed by atoms with E-state index in [1.54, 1.807) is 18.4 Å². The molecular formula is C12H20N4OS. The van der Waals surface area contributed by atoms with Gasteiger partial charge in [0.2, 0.25) is 5.91 Å². The fourth-order valence-electron chi connectivity index (χ4n) is 2.25. The first kappa shape index (κ1) is 13.5. The van der Waals surface area contributed by atoms with E-state index in [1.165, 1.54) is 4.88 Å². The Bertz CT molecular complexity index is 407. The Hall–Kier alpha value is -0.980. The van der Waals surface area contributed by atoms with Gasteiger partial charge in [0.1, 0.15) is 6.04 Å². The minimum absolute atomic E-state index is 0.0445. The summed E-state index contributed by atoms with van der Waals surface area (Å²) in [4.78, 5) is 19.6. The minimum atomic E-state index is -0.0445. The van der Waals surface area contributed by atoms with E-state index in [2.05, 4.69) is 20.5 Å². The Morgan fingerprint density at radius 2 is 2.56 bits per heavy atom. The van der Waals surface area contributed by atoms with Gasteiger partial charge in [-0.15, -0.1) is 11.3 Å². The van der Waals surface area contributed by atoms with Gasteiger partial charge in [0.05, 0.1) is 11.2 Å². The second-order valence-corrected chi connectivity index (χ2v) is 5.42. The van der Waals surface area contributed by atoms with E-state index in [4.69, 9.17) is 0 Å². The molecule has 1 aliphatic heterocycles. The molecule has 5 nitrogen and oxygen atoms in total. The molecule has 1 fully saturated rings. The molecule has 18 heavy (non-hydrogen) atoms. The van der Waals surface area contributed by atoms with Crippen LogP contribution < -0.4 is 10.6 Å². The lowest BCUT2D eigenvalue weighted by atomic mass is 10.1. The molecule has 2 heterocycles. The maximum absolute atomic E-state index is 11.8. The van der Waals surface area contributed by atoms with Gasteiger partial charge < -0.3 is 10.6 Å². The number of thiazole rings is 1. The molecule has 6 heteroatoms. The summed E-state index contributed by atoms with van der Waals surface area (Å²) < 4.78 is 0. The predicted molar refractivity (Wildman–Crippen MR) is 72.9 cm³/mol. The summed E-state index contributed by atoms with van der Waals surface area (Å²) in [7, 11) is 1.70. The number of nitrogens with zero attached hydrogens (tertiary/aromatic N) is 2. The van der Waals surface area contributed by atoms with Crippen molar-refractivity contribution in [1.82, 2.24) is 20.5 Å². The highest BCUT2D eigenvalue weighted by Gasteiger charge is 2.27. The molecule has 1 aliphatic rings. The normalized spacial score (nSPS) is 20.9. The lowest BCUT2D eigenvalue weighted by Gasteiger charge is -2.34. The van der Waals surface area contributed by atoms with Crippen LogP contribution in [-0.4, -0.2) is 55.1 Å². The number of piperazine rings is 1. The quantitative estimate of drug-likeness (QED) is 0.808. The monoisotopic (exact) mass is 268 g/mol. The van der Waals surface area contributed by atoms with Gasteiger partial charge in [0.15, 0.2) is 0 Å². The summed E-state index contributed by atoms with van der Waals surface area (Å²) in [6.45, 7) is 5.58. The Kier molecular flexibility index (Phi) is 4.68. The predicted octanol–water partition coefficient (Wildman–Crippen LogP) is 0.0138. The zero-order valence-electron chi connectivity index (χ0n) is 10.9. The molecule has 0 spiro atoms. The molecule has 1 saturated heterocycles. The second-order valence-electron chi connectivity index (χ2n) is 4.48. The second kappa shape index (κ2) is 6.26. The molecule has 1 amide bonds. The summed E-state index contributed by atoms with van der Waals surface area (Å²) in [5, 5.41) is 6.01. The van der Waals surface area contributed by atoms with Crippen molar-refractivity contribution < 1.29 is 4.79 Å². The lowest BCUT2D eigenvalue weighted by molar-refractivity contribution is -0.126.